The summed E-state index contributed by atoms with van der Waals surface area (Å²) in [5.41, 5.74) is 2.98. The second-order valence-corrected chi connectivity index (χ2v) is 4.98. The molecule has 88 valence electrons. The minimum atomic E-state index is -0.801. The lowest BCUT2D eigenvalue weighted by molar-refractivity contribution is -0.133. The molecule has 1 aromatic heterocycles. The smallest absolute Gasteiger partial charge is 0.313 e. The van der Waals surface area contributed by atoms with Crippen molar-refractivity contribution >= 4 is 28.6 Å². The maximum atomic E-state index is 10.6. The first-order chi connectivity index (χ1) is 8.06. The van der Waals surface area contributed by atoms with Gasteiger partial charge in [-0.1, -0.05) is 11.6 Å². The van der Waals surface area contributed by atoms with Crippen LogP contribution in [0.5, 0.6) is 0 Å². The van der Waals surface area contributed by atoms with Gasteiger partial charge in [0.1, 0.15) is 0 Å². The number of carbonyl (C=O) groups is 1. The molecule has 17 heavy (non-hydrogen) atoms. The first-order valence-electron chi connectivity index (χ1n) is 5.29. The summed E-state index contributed by atoms with van der Waals surface area (Å²) in [6.07, 6.45) is 0. The van der Waals surface area contributed by atoms with Gasteiger partial charge in [-0.25, -0.2) is 0 Å². The Morgan fingerprint density at radius 2 is 2.12 bits per heavy atom. The third-order valence-electron chi connectivity index (χ3n) is 2.41. The normalized spacial score (nSPS) is 10.7. The Balaban J connectivity index is 2.51. The van der Waals surface area contributed by atoms with Gasteiger partial charge in [-0.2, -0.15) is 0 Å². The van der Waals surface area contributed by atoms with E-state index < -0.39 is 5.97 Å². The number of pyridine rings is 1. The number of hydrogen-bond acceptors (Lipinski definition) is 3. The molecule has 0 radical (unpaired) electrons. The highest BCUT2D eigenvalue weighted by Gasteiger charge is 2.07. The van der Waals surface area contributed by atoms with Crippen LogP contribution in [0.3, 0.4) is 0 Å². The van der Waals surface area contributed by atoms with Crippen LogP contribution in [0.15, 0.2) is 29.2 Å². The van der Waals surface area contributed by atoms with Gasteiger partial charge in [0.25, 0.3) is 0 Å². The minimum Gasteiger partial charge on any atom is -0.481 e. The maximum absolute atomic E-state index is 10.6. The van der Waals surface area contributed by atoms with Crippen LogP contribution >= 0.6 is 11.8 Å². The maximum Gasteiger partial charge on any atom is 0.313 e. The zero-order valence-corrected chi connectivity index (χ0v) is 10.5. The zero-order chi connectivity index (χ0) is 12.4. The molecular weight excluding hydrogens is 234 g/mol. The largest absolute Gasteiger partial charge is 0.481 e. The minimum absolute atomic E-state index is 0.0759. The van der Waals surface area contributed by atoms with E-state index in [2.05, 4.69) is 4.98 Å². The molecule has 0 atom stereocenters. The van der Waals surface area contributed by atoms with Gasteiger partial charge < -0.3 is 5.11 Å². The van der Waals surface area contributed by atoms with E-state index in [4.69, 9.17) is 5.11 Å². The predicted molar refractivity (Wildman–Crippen MR) is 69.6 cm³/mol. The molecule has 0 aliphatic heterocycles. The molecule has 0 fully saturated rings. The Morgan fingerprint density at radius 1 is 1.35 bits per heavy atom. The number of benzene rings is 1. The number of hydrogen-bond donors (Lipinski definition) is 1. The van der Waals surface area contributed by atoms with E-state index in [1.54, 1.807) is 0 Å². The van der Waals surface area contributed by atoms with E-state index in [1.165, 1.54) is 11.8 Å². The molecule has 0 bridgehead atoms. The molecule has 0 saturated carbocycles. The quantitative estimate of drug-likeness (QED) is 0.847. The molecular formula is C13H13NO2S. The molecule has 0 aliphatic carbocycles. The van der Waals surface area contributed by atoms with Crippen molar-refractivity contribution in [3.8, 4) is 0 Å². The molecule has 1 heterocycles. The molecule has 1 aromatic carbocycles. The van der Waals surface area contributed by atoms with E-state index >= 15 is 0 Å². The topological polar surface area (TPSA) is 50.2 Å². The number of rotatable bonds is 3. The van der Waals surface area contributed by atoms with Crippen molar-refractivity contribution in [3.05, 3.63) is 35.5 Å². The van der Waals surface area contributed by atoms with E-state index in [-0.39, 0.29) is 5.75 Å². The SMILES string of the molecule is Cc1ccc2nc(C)cc(SCC(=O)O)c2c1. The van der Waals surface area contributed by atoms with Gasteiger partial charge in [0, 0.05) is 16.0 Å². The zero-order valence-electron chi connectivity index (χ0n) is 9.73. The highest BCUT2D eigenvalue weighted by Crippen LogP contribution is 2.28. The fraction of sp³-hybridized carbons (Fsp3) is 0.231. The summed E-state index contributed by atoms with van der Waals surface area (Å²) >= 11 is 1.34. The van der Waals surface area contributed by atoms with Crippen molar-refractivity contribution in [1.82, 2.24) is 4.98 Å². The molecule has 1 N–H and O–H groups in total. The second-order valence-electron chi connectivity index (χ2n) is 3.96. The molecule has 0 unspecified atom stereocenters. The number of carboxylic acids is 1. The van der Waals surface area contributed by atoms with Gasteiger partial charge in [0.15, 0.2) is 0 Å². The Labute approximate surface area is 104 Å². The van der Waals surface area contributed by atoms with Gasteiger partial charge in [-0.15, -0.1) is 11.8 Å². The molecule has 3 nitrogen and oxygen atoms in total. The number of aryl methyl sites for hydroxylation is 2. The monoisotopic (exact) mass is 247 g/mol. The van der Waals surface area contributed by atoms with Crippen LogP contribution < -0.4 is 0 Å². The number of nitrogens with zero attached hydrogens (tertiary/aromatic N) is 1. The molecule has 0 saturated heterocycles. The van der Waals surface area contributed by atoms with Crippen LogP contribution in [0, 0.1) is 13.8 Å². The van der Waals surface area contributed by atoms with Gasteiger partial charge >= 0.3 is 5.97 Å². The van der Waals surface area contributed by atoms with Gasteiger partial charge in [0.05, 0.1) is 11.3 Å². The van der Waals surface area contributed by atoms with E-state index in [1.807, 2.05) is 38.1 Å². The van der Waals surface area contributed by atoms with Crippen LogP contribution in [-0.2, 0) is 4.79 Å². The summed E-state index contributed by atoms with van der Waals surface area (Å²) in [4.78, 5) is 16.1. The molecule has 2 rings (SSSR count). The number of aliphatic carboxylic acids is 1. The third kappa shape index (κ3) is 2.77. The van der Waals surface area contributed by atoms with Crippen LogP contribution in [0.25, 0.3) is 10.9 Å². The Bertz CT molecular complexity index is 581. The summed E-state index contributed by atoms with van der Waals surface area (Å²) < 4.78 is 0. The van der Waals surface area contributed by atoms with Crippen molar-refractivity contribution in [2.75, 3.05) is 5.75 Å². The second kappa shape index (κ2) is 4.75. The van der Waals surface area contributed by atoms with E-state index in [9.17, 15) is 4.79 Å². The summed E-state index contributed by atoms with van der Waals surface area (Å²) in [6, 6.07) is 7.98. The lowest BCUT2D eigenvalue weighted by Crippen LogP contribution is -1.98. The van der Waals surface area contributed by atoms with Crippen LogP contribution in [0.4, 0.5) is 0 Å². The predicted octanol–water partition coefficient (Wildman–Crippen LogP) is 3.03. The van der Waals surface area contributed by atoms with Crippen LogP contribution in [0.2, 0.25) is 0 Å². The lowest BCUT2D eigenvalue weighted by atomic mass is 10.1. The first kappa shape index (κ1) is 11.9. The Morgan fingerprint density at radius 3 is 2.82 bits per heavy atom. The number of carboxylic acid groups (broad SMARTS) is 1. The summed E-state index contributed by atoms with van der Waals surface area (Å²) in [6.45, 7) is 3.94. The average molecular weight is 247 g/mol. The molecule has 0 aliphatic rings. The van der Waals surface area contributed by atoms with Crippen molar-refractivity contribution in [1.29, 1.82) is 0 Å². The Hall–Kier alpha value is -1.55. The molecule has 2 aromatic rings. The summed E-state index contributed by atoms with van der Waals surface area (Å²) in [5.74, 6) is -0.725. The van der Waals surface area contributed by atoms with Gasteiger partial charge in [-0.05, 0) is 32.0 Å². The molecule has 0 spiro atoms. The number of aromatic nitrogens is 1. The summed E-state index contributed by atoms with van der Waals surface area (Å²) in [7, 11) is 0. The van der Waals surface area contributed by atoms with Crippen molar-refractivity contribution in [3.63, 3.8) is 0 Å². The average Bonchev–Trinajstić information content (AvgIpc) is 2.26. The fourth-order valence-corrected chi connectivity index (χ4v) is 2.55. The highest BCUT2D eigenvalue weighted by molar-refractivity contribution is 8.00. The van der Waals surface area contributed by atoms with Crippen molar-refractivity contribution in [2.45, 2.75) is 18.7 Å². The van der Waals surface area contributed by atoms with Crippen molar-refractivity contribution < 1.29 is 9.90 Å². The summed E-state index contributed by atoms with van der Waals surface area (Å²) in [5, 5.41) is 9.76. The fourth-order valence-electron chi connectivity index (χ4n) is 1.69. The van der Waals surface area contributed by atoms with Crippen LogP contribution in [0.1, 0.15) is 11.3 Å². The third-order valence-corrected chi connectivity index (χ3v) is 3.45. The number of fused-ring (bicyclic) bond motifs is 1. The first-order valence-corrected chi connectivity index (χ1v) is 6.27. The standard InChI is InChI=1S/C13H13NO2S/c1-8-3-4-11-10(5-8)12(6-9(2)14-11)17-7-13(15)16/h3-6H,7H2,1-2H3,(H,15,16). The molecule has 4 heteroatoms. The highest BCUT2D eigenvalue weighted by atomic mass is 32.2. The molecule has 0 amide bonds. The van der Waals surface area contributed by atoms with E-state index in [0.29, 0.717) is 0 Å². The van der Waals surface area contributed by atoms with Crippen molar-refractivity contribution in [2.24, 2.45) is 0 Å². The van der Waals surface area contributed by atoms with Gasteiger partial charge in [-0.3, -0.25) is 9.78 Å². The van der Waals surface area contributed by atoms with Crippen LogP contribution in [-0.4, -0.2) is 21.8 Å². The van der Waals surface area contributed by atoms with Gasteiger partial charge in [0.2, 0.25) is 0 Å². The Kier molecular flexibility index (Phi) is 3.33. The number of thioether (sulfide) groups is 1. The van der Waals surface area contributed by atoms with E-state index in [0.717, 1.165) is 27.1 Å². The lowest BCUT2D eigenvalue weighted by Gasteiger charge is -2.07.